The predicted octanol–water partition coefficient (Wildman–Crippen LogP) is 2.06. The normalized spacial score (nSPS) is 12.1. The summed E-state index contributed by atoms with van der Waals surface area (Å²) in [5.41, 5.74) is 11.7. The summed E-state index contributed by atoms with van der Waals surface area (Å²) in [5, 5.41) is 0. The summed E-state index contributed by atoms with van der Waals surface area (Å²) in [6.07, 6.45) is 0.531. The van der Waals surface area contributed by atoms with E-state index in [4.69, 9.17) is 11.5 Å². The molecule has 0 unspecified atom stereocenters. The first-order chi connectivity index (χ1) is 7.15. The summed E-state index contributed by atoms with van der Waals surface area (Å²) in [6.45, 7) is -2.43. The van der Waals surface area contributed by atoms with Gasteiger partial charge in [-0.15, -0.1) is 12.4 Å². The highest BCUT2D eigenvalue weighted by molar-refractivity contribution is 5.85. The lowest BCUT2D eigenvalue weighted by molar-refractivity contribution is -0.0506. The zero-order chi connectivity index (χ0) is 11.3. The van der Waals surface area contributed by atoms with Crippen LogP contribution in [0, 0.1) is 0 Å². The van der Waals surface area contributed by atoms with Crippen molar-refractivity contribution in [3.63, 3.8) is 0 Å². The smallest absolute Gasteiger partial charge is 0.387 e. The van der Waals surface area contributed by atoms with Crippen LogP contribution in [-0.4, -0.2) is 13.2 Å². The van der Waals surface area contributed by atoms with E-state index < -0.39 is 6.61 Å². The standard InChI is InChI=1S/C10H14F2N2O.ClH/c11-10(12)15-9-4-2-1-3-7(9)8(14)5-6-13;/h1-4,8,10H,5-6,13-14H2;1H/t8-;/m0./s1. The van der Waals surface area contributed by atoms with Gasteiger partial charge in [-0.1, -0.05) is 18.2 Å². The Hall–Kier alpha value is -0.910. The highest BCUT2D eigenvalue weighted by Crippen LogP contribution is 2.26. The van der Waals surface area contributed by atoms with Crippen molar-refractivity contribution in [2.75, 3.05) is 6.54 Å². The molecule has 0 fully saturated rings. The van der Waals surface area contributed by atoms with Crippen molar-refractivity contribution in [2.24, 2.45) is 11.5 Å². The molecule has 0 saturated heterocycles. The molecular weight excluding hydrogens is 238 g/mol. The third-order valence-electron chi connectivity index (χ3n) is 2.01. The van der Waals surface area contributed by atoms with E-state index in [1.807, 2.05) is 0 Å². The van der Waals surface area contributed by atoms with Crippen LogP contribution in [0.15, 0.2) is 24.3 Å². The Morgan fingerprint density at radius 2 is 1.88 bits per heavy atom. The molecule has 0 bridgehead atoms. The highest BCUT2D eigenvalue weighted by atomic mass is 35.5. The average Bonchev–Trinajstić information content (AvgIpc) is 2.18. The largest absolute Gasteiger partial charge is 0.434 e. The van der Waals surface area contributed by atoms with Gasteiger partial charge in [0.1, 0.15) is 5.75 Å². The van der Waals surface area contributed by atoms with Crippen molar-refractivity contribution in [3.05, 3.63) is 29.8 Å². The van der Waals surface area contributed by atoms with Crippen LogP contribution in [0.25, 0.3) is 0 Å². The number of halogens is 3. The number of ether oxygens (including phenoxy) is 1. The van der Waals surface area contributed by atoms with Crippen molar-refractivity contribution in [2.45, 2.75) is 19.1 Å². The maximum atomic E-state index is 12.1. The molecule has 0 aromatic heterocycles. The lowest BCUT2D eigenvalue weighted by atomic mass is 10.0. The number of rotatable bonds is 5. The molecule has 1 aromatic rings. The fourth-order valence-electron chi connectivity index (χ4n) is 1.33. The number of nitrogens with two attached hydrogens (primary N) is 2. The van der Waals surface area contributed by atoms with Gasteiger partial charge in [-0.3, -0.25) is 0 Å². The van der Waals surface area contributed by atoms with Crippen molar-refractivity contribution in [3.8, 4) is 5.75 Å². The first-order valence-corrected chi connectivity index (χ1v) is 4.64. The van der Waals surface area contributed by atoms with Gasteiger partial charge in [0.25, 0.3) is 0 Å². The quantitative estimate of drug-likeness (QED) is 0.843. The van der Waals surface area contributed by atoms with Crippen LogP contribution in [0.2, 0.25) is 0 Å². The number of para-hydroxylation sites is 1. The van der Waals surface area contributed by atoms with Gasteiger partial charge in [-0.25, -0.2) is 0 Å². The van der Waals surface area contributed by atoms with Crippen molar-refractivity contribution in [1.82, 2.24) is 0 Å². The molecule has 1 rings (SSSR count). The van der Waals surface area contributed by atoms with E-state index in [0.717, 1.165) is 0 Å². The molecule has 0 aliphatic rings. The van der Waals surface area contributed by atoms with E-state index in [-0.39, 0.29) is 24.2 Å². The summed E-state index contributed by atoms with van der Waals surface area (Å²) < 4.78 is 28.5. The first-order valence-electron chi connectivity index (χ1n) is 4.64. The number of benzene rings is 1. The summed E-state index contributed by atoms with van der Waals surface area (Å²) in [4.78, 5) is 0. The minimum atomic E-state index is -2.84. The molecule has 16 heavy (non-hydrogen) atoms. The topological polar surface area (TPSA) is 61.3 Å². The summed E-state index contributed by atoms with van der Waals surface area (Å²) >= 11 is 0. The Balaban J connectivity index is 0.00000225. The Kier molecular flexibility index (Phi) is 6.96. The minimum absolute atomic E-state index is 0. The average molecular weight is 253 g/mol. The second-order valence-electron chi connectivity index (χ2n) is 3.10. The van der Waals surface area contributed by atoms with Crippen LogP contribution in [0.1, 0.15) is 18.0 Å². The van der Waals surface area contributed by atoms with Crippen LogP contribution in [0.5, 0.6) is 5.75 Å². The van der Waals surface area contributed by atoms with Gasteiger partial charge < -0.3 is 16.2 Å². The molecule has 92 valence electrons. The molecule has 0 amide bonds. The van der Waals surface area contributed by atoms with E-state index >= 15 is 0 Å². The van der Waals surface area contributed by atoms with E-state index in [1.54, 1.807) is 18.2 Å². The van der Waals surface area contributed by atoms with Crippen molar-refractivity contribution in [1.29, 1.82) is 0 Å². The molecular formula is C10H15ClF2N2O. The SMILES string of the molecule is Cl.NCC[C@H](N)c1ccccc1OC(F)F. The molecule has 1 atom stereocenters. The highest BCUT2D eigenvalue weighted by Gasteiger charge is 2.13. The van der Waals surface area contributed by atoms with Crippen LogP contribution in [0.4, 0.5) is 8.78 Å². The number of alkyl halides is 2. The minimum Gasteiger partial charge on any atom is -0.434 e. The zero-order valence-corrected chi connectivity index (χ0v) is 9.42. The molecule has 0 aliphatic heterocycles. The van der Waals surface area contributed by atoms with Gasteiger partial charge in [0.05, 0.1) is 0 Å². The molecule has 0 spiro atoms. The molecule has 3 nitrogen and oxygen atoms in total. The van der Waals surface area contributed by atoms with Crippen LogP contribution >= 0.6 is 12.4 Å². The third-order valence-corrected chi connectivity index (χ3v) is 2.01. The predicted molar refractivity (Wildman–Crippen MR) is 60.9 cm³/mol. The molecule has 0 aliphatic carbocycles. The van der Waals surface area contributed by atoms with E-state index in [1.165, 1.54) is 6.07 Å². The van der Waals surface area contributed by atoms with Gasteiger partial charge in [0, 0.05) is 11.6 Å². The van der Waals surface area contributed by atoms with Gasteiger partial charge in [-0.05, 0) is 19.0 Å². The Bertz CT molecular complexity index is 313. The van der Waals surface area contributed by atoms with Gasteiger partial charge in [-0.2, -0.15) is 8.78 Å². The van der Waals surface area contributed by atoms with Gasteiger partial charge >= 0.3 is 6.61 Å². The van der Waals surface area contributed by atoms with Crippen molar-refractivity contribution < 1.29 is 13.5 Å². The monoisotopic (exact) mass is 252 g/mol. The molecule has 1 aromatic carbocycles. The fraction of sp³-hybridized carbons (Fsp3) is 0.400. The van der Waals surface area contributed by atoms with Gasteiger partial charge in [0.2, 0.25) is 0 Å². The molecule has 0 saturated carbocycles. The fourth-order valence-corrected chi connectivity index (χ4v) is 1.33. The number of hydrogen-bond acceptors (Lipinski definition) is 3. The van der Waals surface area contributed by atoms with Crippen LogP contribution < -0.4 is 16.2 Å². The second kappa shape index (κ2) is 7.38. The maximum absolute atomic E-state index is 12.1. The lowest BCUT2D eigenvalue weighted by Crippen LogP contribution is -2.17. The Labute approximate surface area is 99.2 Å². The maximum Gasteiger partial charge on any atom is 0.387 e. The van der Waals surface area contributed by atoms with Gasteiger partial charge in [0.15, 0.2) is 0 Å². The lowest BCUT2D eigenvalue weighted by Gasteiger charge is -2.15. The Morgan fingerprint density at radius 1 is 1.25 bits per heavy atom. The van der Waals surface area contributed by atoms with E-state index in [2.05, 4.69) is 4.74 Å². The summed E-state index contributed by atoms with van der Waals surface area (Å²) in [5.74, 6) is 0.119. The zero-order valence-electron chi connectivity index (χ0n) is 8.61. The molecule has 0 heterocycles. The second-order valence-corrected chi connectivity index (χ2v) is 3.10. The number of hydrogen-bond donors (Lipinski definition) is 2. The molecule has 0 radical (unpaired) electrons. The van der Waals surface area contributed by atoms with Crippen LogP contribution in [-0.2, 0) is 0 Å². The van der Waals surface area contributed by atoms with E-state index in [9.17, 15) is 8.78 Å². The Morgan fingerprint density at radius 3 is 2.44 bits per heavy atom. The van der Waals surface area contributed by atoms with Crippen LogP contribution in [0.3, 0.4) is 0 Å². The van der Waals surface area contributed by atoms with E-state index in [0.29, 0.717) is 18.5 Å². The molecule has 4 N–H and O–H groups in total. The van der Waals surface area contributed by atoms with Crippen molar-refractivity contribution >= 4 is 12.4 Å². The summed E-state index contributed by atoms with van der Waals surface area (Å²) in [6, 6.07) is 6.11. The first kappa shape index (κ1) is 15.1. The summed E-state index contributed by atoms with van der Waals surface area (Å²) in [7, 11) is 0. The molecule has 6 heteroatoms. The third kappa shape index (κ3) is 4.30.